The number of aryl methyl sites for hydroxylation is 2. The fourth-order valence-corrected chi connectivity index (χ4v) is 3.23. The maximum atomic E-state index is 5.31. The van der Waals surface area contributed by atoms with Crippen molar-refractivity contribution in [1.29, 1.82) is 0 Å². The van der Waals surface area contributed by atoms with Crippen molar-refractivity contribution in [2.75, 3.05) is 12.4 Å². The normalized spacial score (nSPS) is 10.9. The van der Waals surface area contributed by atoms with Crippen LogP contribution >= 0.6 is 12.2 Å². The van der Waals surface area contributed by atoms with Gasteiger partial charge in [-0.25, -0.2) is 0 Å². The standard InChI is InChI=1S/C22H24N4OS/c1-15-9-11-19(12-10-15)26-16(2)13-18(17(26)3)14-23-25-22(28)24-20-7-5-6-8-21(20)27-4/h5-14H,1-4H3,(H2,24,25,28)/b23-14-. The lowest BCUT2D eigenvalue weighted by atomic mass is 10.2. The Morgan fingerprint density at radius 2 is 1.79 bits per heavy atom. The molecule has 0 aliphatic heterocycles. The van der Waals surface area contributed by atoms with Crippen molar-refractivity contribution in [3.05, 3.63) is 77.1 Å². The Morgan fingerprint density at radius 1 is 1.07 bits per heavy atom. The highest BCUT2D eigenvalue weighted by molar-refractivity contribution is 7.80. The number of hydrazone groups is 1. The Kier molecular flexibility index (Phi) is 6.11. The van der Waals surface area contributed by atoms with Crippen LogP contribution in [-0.4, -0.2) is 23.0 Å². The topological polar surface area (TPSA) is 50.6 Å². The lowest BCUT2D eigenvalue weighted by Gasteiger charge is -2.11. The predicted molar refractivity (Wildman–Crippen MR) is 120 cm³/mol. The Bertz CT molecular complexity index is 1010. The summed E-state index contributed by atoms with van der Waals surface area (Å²) in [5, 5.41) is 7.77. The van der Waals surface area contributed by atoms with E-state index in [1.165, 1.54) is 5.56 Å². The first-order chi connectivity index (χ1) is 13.5. The second-order valence-corrected chi connectivity index (χ2v) is 6.93. The second-order valence-electron chi connectivity index (χ2n) is 6.52. The first-order valence-electron chi connectivity index (χ1n) is 8.98. The highest BCUT2D eigenvalue weighted by Crippen LogP contribution is 2.23. The number of rotatable bonds is 5. The molecular weight excluding hydrogens is 368 g/mol. The van der Waals surface area contributed by atoms with E-state index in [1.54, 1.807) is 13.3 Å². The molecule has 0 aliphatic carbocycles. The van der Waals surface area contributed by atoms with Gasteiger partial charge in [0.15, 0.2) is 5.11 Å². The van der Waals surface area contributed by atoms with E-state index in [4.69, 9.17) is 17.0 Å². The monoisotopic (exact) mass is 392 g/mol. The summed E-state index contributed by atoms with van der Waals surface area (Å²) in [6.07, 6.45) is 1.78. The smallest absolute Gasteiger partial charge is 0.191 e. The van der Waals surface area contributed by atoms with Crippen molar-refractivity contribution in [2.45, 2.75) is 20.8 Å². The summed E-state index contributed by atoms with van der Waals surface area (Å²) in [4.78, 5) is 0. The summed E-state index contributed by atoms with van der Waals surface area (Å²) in [5.41, 5.74) is 9.33. The number of ether oxygens (including phenoxy) is 1. The summed E-state index contributed by atoms with van der Waals surface area (Å²) in [7, 11) is 1.62. The Morgan fingerprint density at radius 3 is 2.50 bits per heavy atom. The number of thiocarbonyl (C=S) groups is 1. The van der Waals surface area contributed by atoms with E-state index in [-0.39, 0.29) is 0 Å². The molecule has 0 aliphatic rings. The third-order valence-electron chi connectivity index (χ3n) is 4.49. The van der Waals surface area contributed by atoms with Crippen LogP contribution in [0.5, 0.6) is 5.75 Å². The molecule has 0 radical (unpaired) electrons. The molecule has 0 spiro atoms. The first-order valence-corrected chi connectivity index (χ1v) is 9.39. The van der Waals surface area contributed by atoms with Crippen LogP contribution in [0, 0.1) is 20.8 Å². The largest absolute Gasteiger partial charge is 0.495 e. The van der Waals surface area contributed by atoms with Gasteiger partial charge in [0.2, 0.25) is 0 Å². The first kappa shape index (κ1) is 19.6. The number of hydrogen-bond acceptors (Lipinski definition) is 3. The molecule has 0 atom stereocenters. The van der Waals surface area contributed by atoms with Gasteiger partial charge >= 0.3 is 0 Å². The number of anilines is 1. The quantitative estimate of drug-likeness (QED) is 0.374. The Balaban J connectivity index is 1.70. The van der Waals surface area contributed by atoms with Crippen molar-refractivity contribution >= 4 is 29.2 Å². The van der Waals surface area contributed by atoms with Crippen molar-refractivity contribution in [3.63, 3.8) is 0 Å². The number of hydrogen-bond donors (Lipinski definition) is 2. The average Bonchev–Trinajstić information content (AvgIpc) is 2.96. The molecule has 3 rings (SSSR count). The minimum atomic E-state index is 0.396. The van der Waals surface area contributed by atoms with E-state index in [0.717, 1.165) is 34.1 Å². The predicted octanol–water partition coefficient (Wildman–Crippen LogP) is 4.73. The molecule has 28 heavy (non-hydrogen) atoms. The number of para-hydroxylation sites is 2. The highest BCUT2D eigenvalue weighted by Gasteiger charge is 2.09. The van der Waals surface area contributed by atoms with Crippen LogP contribution in [-0.2, 0) is 0 Å². The number of benzene rings is 2. The van der Waals surface area contributed by atoms with E-state index < -0.39 is 0 Å². The third kappa shape index (κ3) is 4.40. The van der Waals surface area contributed by atoms with Gasteiger partial charge in [-0.1, -0.05) is 29.8 Å². The molecule has 0 saturated carbocycles. The molecule has 1 heterocycles. The van der Waals surface area contributed by atoms with Crippen LogP contribution in [0.2, 0.25) is 0 Å². The highest BCUT2D eigenvalue weighted by atomic mass is 32.1. The van der Waals surface area contributed by atoms with Crippen molar-refractivity contribution in [2.24, 2.45) is 5.10 Å². The van der Waals surface area contributed by atoms with E-state index in [0.29, 0.717) is 5.11 Å². The zero-order valence-electron chi connectivity index (χ0n) is 16.5. The number of methoxy groups -OCH3 is 1. The molecule has 0 amide bonds. The average molecular weight is 393 g/mol. The molecule has 1 aromatic heterocycles. The van der Waals surface area contributed by atoms with Crippen molar-refractivity contribution in [1.82, 2.24) is 9.99 Å². The second kappa shape index (κ2) is 8.71. The number of aromatic nitrogens is 1. The minimum absolute atomic E-state index is 0.396. The van der Waals surface area contributed by atoms with E-state index in [2.05, 4.69) is 71.5 Å². The van der Waals surface area contributed by atoms with Crippen LogP contribution in [0.25, 0.3) is 5.69 Å². The van der Waals surface area contributed by atoms with Gasteiger partial charge in [-0.3, -0.25) is 5.43 Å². The van der Waals surface area contributed by atoms with Gasteiger partial charge in [0.05, 0.1) is 19.0 Å². The van der Waals surface area contributed by atoms with Gasteiger partial charge in [0.25, 0.3) is 0 Å². The fraction of sp³-hybridized carbons (Fsp3) is 0.182. The van der Waals surface area contributed by atoms with Crippen LogP contribution < -0.4 is 15.5 Å². The SMILES string of the molecule is COc1ccccc1NC(=S)N/N=C\c1cc(C)n(-c2ccc(C)cc2)c1C. The maximum absolute atomic E-state index is 5.31. The van der Waals surface area contributed by atoms with Gasteiger partial charge in [-0.15, -0.1) is 0 Å². The molecule has 0 fully saturated rings. The summed E-state index contributed by atoms with van der Waals surface area (Å²) in [6.45, 7) is 6.26. The van der Waals surface area contributed by atoms with Crippen LogP contribution in [0.3, 0.4) is 0 Å². The zero-order chi connectivity index (χ0) is 20.1. The molecule has 2 N–H and O–H groups in total. The summed E-state index contributed by atoms with van der Waals surface area (Å²) in [5.74, 6) is 0.720. The Hall–Kier alpha value is -3.12. The van der Waals surface area contributed by atoms with E-state index in [9.17, 15) is 0 Å². The molecule has 0 bridgehead atoms. The van der Waals surface area contributed by atoms with Gasteiger partial charge in [0, 0.05) is 22.6 Å². The van der Waals surface area contributed by atoms with Crippen LogP contribution in [0.1, 0.15) is 22.5 Å². The van der Waals surface area contributed by atoms with Crippen LogP contribution in [0.15, 0.2) is 59.7 Å². The molecule has 144 valence electrons. The Labute approximate surface area is 171 Å². The molecule has 0 unspecified atom stereocenters. The lowest BCUT2D eigenvalue weighted by molar-refractivity contribution is 0.417. The molecule has 6 heteroatoms. The third-order valence-corrected chi connectivity index (χ3v) is 4.68. The number of nitrogens with one attached hydrogen (secondary N) is 2. The molecule has 5 nitrogen and oxygen atoms in total. The minimum Gasteiger partial charge on any atom is -0.495 e. The van der Waals surface area contributed by atoms with Crippen molar-refractivity contribution < 1.29 is 4.74 Å². The van der Waals surface area contributed by atoms with E-state index >= 15 is 0 Å². The van der Waals surface area contributed by atoms with Gasteiger partial charge in [-0.05, 0) is 63.3 Å². The molecule has 3 aromatic rings. The number of nitrogens with zero attached hydrogens (tertiary/aromatic N) is 2. The molecule has 2 aromatic carbocycles. The lowest BCUT2D eigenvalue weighted by Crippen LogP contribution is -2.24. The van der Waals surface area contributed by atoms with Gasteiger partial charge < -0.3 is 14.6 Å². The zero-order valence-corrected chi connectivity index (χ0v) is 17.3. The van der Waals surface area contributed by atoms with Gasteiger partial charge in [0.1, 0.15) is 5.75 Å². The van der Waals surface area contributed by atoms with Crippen LogP contribution in [0.4, 0.5) is 5.69 Å². The fourth-order valence-electron chi connectivity index (χ4n) is 3.07. The summed E-state index contributed by atoms with van der Waals surface area (Å²) >= 11 is 5.31. The maximum Gasteiger partial charge on any atom is 0.191 e. The summed E-state index contributed by atoms with van der Waals surface area (Å²) in [6, 6.07) is 18.2. The molecule has 0 saturated heterocycles. The summed E-state index contributed by atoms with van der Waals surface area (Å²) < 4.78 is 7.52. The van der Waals surface area contributed by atoms with E-state index in [1.807, 2.05) is 24.3 Å². The van der Waals surface area contributed by atoms with Gasteiger partial charge in [-0.2, -0.15) is 5.10 Å². The molecular formula is C22H24N4OS. The van der Waals surface area contributed by atoms with Crippen molar-refractivity contribution in [3.8, 4) is 11.4 Å².